The Labute approximate surface area is 128 Å². The number of phenols is 1. The first kappa shape index (κ1) is 15.8. The molecule has 1 nitrogen and oxygen atoms in total. The van der Waals surface area contributed by atoms with E-state index in [0.717, 1.165) is 17.5 Å². The minimum atomic E-state index is -0.0353. The fourth-order valence-corrected chi connectivity index (χ4v) is 4.38. The Hall–Kier alpha value is -0.630. The molecule has 0 saturated carbocycles. The quantitative estimate of drug-likeness (QED) is 0.689. The second-order valence-corrected chi connectivity index (χ2v) is 10.4. The van der Waals surface area contributed by atoms with Gasteiger partial charge in [0.05, 0.1) is 0 Å². The minimum absolute atomic E-state index is 0.0313. The van der Waals surface area contributed by atoms with E-state index in [-0.39, 0.29) is 15.6 Å². The molecule has 0 aliphatic carbocycles. The van der Waals surface area contributed by atoms with E-state index >= 15 is 0 Å². The molecular formula is C18H28OS. The third kappa shape index (κ3) is 2.72. The molecule has 20 heavy (non-hydrogen) atoms. The van der Waals surface area contributed by atoms with Gasteiger partial charge in [0.1, 0.15) is 5.75 Å². The van der Waals surface area contributed by atoms with Crippen LogP contribution in [0.1, 0.15) is 72.1 Å². The van der Waals surface area contributed by atoms with Crippen LogP contribution in [0.25, 0.3) is 0 Å². The molecule has 1 aromatic rings. The zero-order valence-corrected chi connectivity index (χ0v) is 15.0. The van der Waals surface area contributed by atoms with Crippen molar-refractivity contribution in [1.29, 1.82) is 0 Å². The Bertz CT molecular complexity index is 542. The van der Waals surface area contributed by atoms with E-state index in [9.17, 15) is 5.11 Å². The van der Waals surface area contributed by atoms with Crippen LogP contribution in [0.3, 0.4) is 0 Å². The zero-order valence-electron chi connectivity index (χ0n) is 14.1. The van der Waals surface area contributed by atoms with E-state index in [1.165, 1.54) is 10.5 Å². The summed E-state index contributed by atoms with van der Waals surface area (Å²) in [6.07, 6.45) is 1.04. The Morgan fingerprint density at radius 3 is 2.05 bits per heavy atom. The van der Waals surface area contributed by atoms with Gasteiger partial charge in [0.2, 0.25) is 0 Å². The molecule has 0 bridgehead atoms. The van der Waals surface area contributed by atoms with Crippen LogP contribution in [-0.2, 0) is 17.3 Å². The van der Waals surface area contributed by atoms with Crippen LogP contribution < -0.4 is 0 Å². The van der Waals surface area contributed by atoms with Crippen LogP contribution in [-0.4, -0.2) is 9.85 Å². The van der Waals surface area contributed by atoms with Crippen molar-refractivity contribution in [3.63, 3.8) is 0 Å². The largest absolute Gasteiger partial charge is 0.507 e. The molecular weight excluding hydrogens is 264 g/mol. The summed E-state index contributed by atoms with van der Waals surface area (Å²) >= 11 is 1.95. The first-order chi connectivity index (χ1) is 8.83. The van der Waals surface area contributed by atoms with Gasteiger partial charge in [-0.1, -0.05) is 55.4 Å². The normalized spacial score (nSPS) is 18.2. The lowest BCUT2D eigenvalue weighted by atomic mass is 9.76. The predicted octanol–water partition coefficient (Wildman–Crippen LogP) is 5.41. The van der Waals surface area contributed by atoms with Gasteiger partial charge in [0.15, 0.2) is 0 Å². The summed E-state index contributed by atoms with van der Waals surface area (Å²) in [7, 11) is 0. The lowest BCUT2D eigenvalue weighted by molar-refractivity contribution is 0.419. The third-order valence-electron chi connectivity index (χ3n) is 3.91. The lowest BCUT2D eigenvalue weighted by Gasteiger charge is -2.29. The maximum Gasteiger partial charge on any atom is 0.123 e. The molecule has 2 heteroatoms. The fraction of sp³-hybridized carbons (Fsp3) is 0.667. The predicted molar refractivity (Wildman–Crippen MR) is 89.1 cm³/mol. The van der Waals surface area contributed by atoms with E-state index in [4.69, 9.17) is 0 Å². The summed E-state index contributed by atoms with van der Waals surface area (Å²) < 4.78 is 0.227. The molecule has 1 N–H and O–H groups in total. The molecule has 0 saturated heterocycles. The summed E-state index contributed by atoms with van der Waals surface area (Å²) in [5.41, 5.74) is 3.52. The third-order valence-corrected chi connectivity index (χ3v) is 5.19. The maximum atomic E-state index is 10.9. The van der Waals surface area contributed by atoms with Gasteiger partial charge in [-0.15, -0.1) is 11.8 Å². The van der Waals surface area contributed by atoms with Crippen LogP contribution in [0, 0.1) is 0 Å². The Morgan fingerprint density at radius 1 is 1.05 bits per heavy atom. The van der Waals surface area contributed by atoms with Crippen molar-refractivity contribution in [2.45, 2.75) is 82.3 Å². The van der Waals surface area contributed by atoms with Crippen molar-refractivity contribution in [2.24, 2.45) is 0 Å². The van der Waals surface area contributed by atoms with Gasteiger partial charge < -0.3 is 5.11 Å². The molecule has 0 unspecified atom stereocenters. The summed E-state index contributed by atoms with van der Waals surface area (Å²) in [5.74, 6) is 0.516. The van der Waals surface area contributed by atoms with Crippen molar-refractivity contribution in [3.8, 4) is 5.75 Å². The van der Waals surface area contributed by atoms with E-state index < -0.39 is 0 Å². The van der Waals surface area contributed by atoms with Crippen molar-refractivity contribution >= 4 is 11.8 Å². The lowest BCUT2D eigenvalue weighted by Crippen LogP contribution is -2.20. The molecule has 0 fully saturated rings. The zero-order chi connectivity index (χ0) is 15.5. The number of aromatic hydroxyl groups is 1. The number of hydrogen-bond donors (Lipinski definition) is 1. The highest BCUT2D eigenvalue weighted by molar-refractivity contribution is 8.01. The standard InChI is InChI=1S/C18H28OS/c1-16(2,3)12-9-13-11(10-18(7,8)20-13)14(15(12)19)17(4,5)6/h9,19H,10H2,1-8H3. The van der Waals surface area contributed by atoms with E-state index in [0.29, 0.717) is 5.75 Å². The van der Waals surface area contributed by atoms with Gasteiger partial charge in [-0.25, -0.2) is 0 Å². The van der Waals surface area contributed by atoms with E-state index in [1.54, 1.807) is 0 Å². The van der Waals surface area contributed by atoms with Gasteiger partial charge in [-0.05, 0) is 28.9 Å². The molecule has 0 atom stereocenters. The van der Waals surface area contributed by atoms with Crippen molar-refractivity contribution in [3.05, 3.63) is 22.8 Å². The molecule has 0 amide bonds. The molecule has 0 aromatic heterocycles. The van der Waals surface area contributed by atoms with Gasteiger partial charge >= 0.3 is 0 Å². The second-order valence-electron chi connectivity index (χ2n) is 8.66. The number of thioether (sulfide) groups is 1. The maximum absolute atomic E-state index is 10.9. The molecule has 1 aliphatic rings. The van der Waals surface area contributed by atoms with Gasteiger partial charge in [0, 0.05) is 20.8 Å². The first-order valence-corrected chi connectivity index (χ1v) is 8.23. The van der Waals surface area contributed by atoms with Gasteiger partial charge in [0.25, 0.3) is 0 Å². The fourth-order valence-electron chi connectivity index (χ4n) is 3.09. The van der Waals surface area contributed by atoms with Crippen molar-refractivity contribution < 1.29 is 5.11 Å². The number of rotatable bonds is 0. The number of benzene rings is 1. The Kier molecular flexibility index (Phi) is 3.49. The first-order valence-electron chi connectivity index (χ1n) is 7.42. The SMILES string of the molecule is CC1(C)Cc2c(cc(C(C)(C)C)c(O)c2C(C)(C)C)S1. The monoisotopic (exact) mass is 292 g/mol. The molecule has 1 aromatic carbocycles. The van der Waals surface area contributed by atoms with Crippen LogP contribution in [0.5, 0.6) is 5.75 Å². The molecule has 0 spiro atoms. The smallest absolute Gasteiger partial charge is 0.123 e. The molecule has 2 rings (SSSR count). The average Bonchev–Trinajstić information content (AvgIpc) is 2.46. The highest BCUT2D eigenvalue weighted by Gasteiger charge is 2.37. The van der Waals surface area contributed by atoms with Gasteiger partial charge in [-0.3, -0.25) is 0 Å². The summed E-state index contributed by atoms with van der Waals surface area (Å²) in [4.78, 5) is 1.36. The molecule has 0 radical (unpaired) electrons. The highest BCUT2D eigenvalue weighted by atomic mass is 32.2. The minimum Gasteiger partial charge on any atom is -0.507 e. The Morgan fingerprint density at radius 2 is 1.60 bits per heavy atom. The Balaban J connectivity index is 2.77. The van der Waals surface area contributed by atoms with E-state index in [2.05, 4.69) is 61.5 Å². The van der Waals surface area contributed by atoms with Crippen LogP contribution >= 0.6 is 11.8 Å². The molecule has 1 aliphatic heterocycles. The van der Waals surface area contributed by atoms with Crippen LogP contribution in [0.15, 0.2) is 11.0 Å². The number of phenolic OH excluding ortho intramolecular Hbond substituents is 1. The molecule has 112 valence electrons. The van der Waals surface area contributed by atoms with Crippen molar-refractivity contribution in [1.82, 2.24) is 0 Å². The second kappa shape index (κ2) is 4.43. The summed E-state index contributed by atoms with van der Waals surface area (Å²) in [6, 6.07) is 2.22. The number of fused-ring (bicyclic) bond motifs is 1. The summed E-state index contributed by atoms with van der Waals surface area (Å²) in [5, 5.41) is 10.9. The average molecular weight is 292 g/mol. The van der Waals surface area contributed by atoms with Gasteiger partial charge in [-0.2, -0.15) is 0 Å². The van der Waals surface area contributed by atoms with Crippen molar-refractivity contribution in [2.75, 3.05) is 0 Å². The molecule has 1 heterocycles. The topological polar surface area (TPSA) is 20.2 Å². The summed E-state index contributed by atoms with van der Waals surface area (Å²) in [6.45, 7) is 17.7. The number of hydrogen-bond acceptors (Lipinski definition) is 2. The van der Waals surface area contributed by atoms with Crippen LogP contribution in [0.4, 0.5) is 0 Å². The highest BCUT2D eigenvalue weighted by Crippen LogP contribution is 2.52. The van der Waals surface area contributed by atoms with Crippen LogP contribution in [0.2, 0.25) is 0 Å². The van der Waals surface area contributed by atoms with E-state index in [1.807, 2.05) is 11.8 Å².